The molecule has 6 heterocycles. The highest BCUT2D eigenvalue weighted by molar-refractivity contribution is 6.19. The minimum Gasteiger partial charge on any atom is -0.477 e. The Kier molecular flexibility index (Phi) is 7.79. The first-order chi connectivity index (χ1) is 23.4. The van der Waals surface area contributed by atoms with Crippen molar-refractivity contribution in [3.63, 3.8) is 0 Å². The molecule has 5 aromatic rings. The third kappa shape index (κ3) is 5.14. The predicted octanol–water partition coefficient (Wildman–Crippen LogP) is 1.78. The number of carbonyl (C=O) groups excluding carboxylic acids is 2. The second-order valence-electron chi connectivity index (χ2n) is 12.7. The molecule has 0 aliphatic carbocycles. The van der Waals surface area contributed by atoms with Gasteiger partial charge in [-0.15, -0.1) is 0 Å². The molecule has 5 N–H and O–H groups in total. The van der Waals surface area contributed by atoms with Crippen LogP contribution in [0.4, 0.5) is 20.2 Å². The van der Waals surface area contributed by atoms with Gasteiger partial charge in [-0.2, -0.15) is 0 Å². The molecule has 4 aromatic heterocycles. The summed E-state index contributed by atoms with van der Waals surface area (Å²) in [5.41, 5.74) is 6.34. The van der Waals surface area contributed by atoms with E-state index in [-0.39, 0.29) is 51.2 Å². The van der Waals surface area contributed by atoms with Crippen LogP contribution in [0.25, 0.3) is 44.1 Å². The number of hydrogen-bond donors (Lipinski definition) is 4. The van der Waals surface area contributed by atoms with E-state index in [4.69, 9.17) is 5.73 Å². The van der Waals surface area contributed by atoms with E-state index in [0.717, 1.165) is 30.5 Å². The fourth-order valence-electron chi connectivity index (χ4n) is 7.31. The number of anilines is 2. The molecule has 7 rings (SSSR count). The van der Waals surface area contributed by atoms with Gasteiger partial charge >= 0.3 is 5.97 Å². The largest absolute Gasteiger partial charge is 0.477 e. The van der Waals surface area contributed by atoms with E-state index < -0.39 is 47.0 Å². The first-order valence-corrected chi connectivity index (χ1v) is 15.6. The molecule has 1 aromatic carbocycles. The van der Waals surface area contributed by atoms with Crippen molar-refractivity contribution in [2.75, 3.05) is 56.6 Å². The molecule has 0 bridgehead atoms. The normalized spacial score (nSPS) is 17.7. The number of carboxylic acid groups (broad SMARTS) is 1. The molecular weight excluding hydrogens is 640 g/mol. The fourth-order valence-corrected chi connectivity index (χ4v) is 7.31. The zero-order valence-electron chi connectivity index (χ0n) is 26.9. The van der Waals surface area contributed by atoms with Crippen LogP contribution in [0, 0.1) is 17.6 Å². The van der Waals surface area contributed by atoms with Gasteiger partial charge in [0.1, 0.15) is 16.9 Å². The molecule has 49 heavy (non-hydrogen) atoms. The second kappa shape index (κ2) is 11.9. The first-order valence-electron chi connectivity index (χ1n) is 15.6. The number of amides is 2. The number of likely N-dealkylation sites (N-methyl/N-ethyl adjacent to an activating group) is 2. The number of aromatic nitrogens is 4. The smallest absolute Gasteiger partial charge is 0.341 e. The van der Waals surface area contributed by atoms with Crippen molar-refractivity contribution in [2.24, 2.45) is 18.7 Å². The van der Waals surface area contributed by atoms with Crippen molar-refractivity contribution in [1.82, 2.24) is 29.7 Å². The molecule has 2 atom stereocenters. The summed E-state index contributed by atoms with van der Waals surface area (Å²) in [7, 11) is 5.01. The number of nitrogens with zero attached hydrogens (tertiary/aromatic N) is 6. The van der Waals surface area contributed by atoms with Gasteiger partial charge in [0.2, 0.25) is 17.2 Å². The summed E-state index contributed by atoms with van der Waals surface area (Å²) in [6.07, 6.45) is 5.18. The monoisotopic (exact) mass is 673 g/mol. The van der Waals surface area contributed by atoms with E-state index in [2.05, 4.69) is 30.1 Å². The lowest BCUT2D eigenvalue weighted by Crippen LogP contribution is -2.40. The van der Waals surface area contributed by atoms with Gasteiger partial charge in [-0.05, 0) is 25.5 Å². The molecule has 2 fully saturated rings. The maximum atomic E-state index is 16.1. The van der Waals surface area contributed by atoms with Crippen molar-refractivity contribution in [2.45, 2.75) is 12.5 Å². The number of aromatic amines is 1. The molecule has 2 aliphatic heterocycles. The van der Waals surface area contributed by atoms with Gasteiger partial charge in [0.15, 0.2) is 11.6 Å². The third-order valence-corrected chi connectivity index (χ3v) is 9.67. The van der Waals surface area contributed by atoms with E-state index in [0.29, 0.717) is 29.3 Å². The Morgan fingerprint density at radius 1 is 1.14 bits per heavy atom. The van der Waals surface area contributed by atoms with Crippen LogP contribution in [0.2, 0.25) is 0 Å². The molecule has 254 valence electrons. The second-order valence-corrected chi connectivity index (χ2v) is 12.7. The molecule has 0 spiro atoms. The number of nitrogens with two attached hydrogens (primary N) is 1. The Hall–Kier alpha value is -5.48. The standard InChI is InChI=1S/C33H33F2N9O5/c1-41-12-15-4-5-44(22(15)14-41)29-18(16-6-17-30(47)19(33(48)49)13-42(2)32(17)39-9-16)10-38-31-26(29)25-27(35)20(34)7-21(28(25)40-31)43(3)24(46)11-37-23(45)8-36/h6-7,9-10,13,15,22H,4-5,8,11-12,14,36H2,1-3H3,(H,37,45)(H,38,40)(H,48,49)/t15-,22+/m0/s1. The number of pyridine rings is 3. The zero-order valence-corrected chi connectivity index (χ0v) is 26.9. The lowest BCUT2D eigenvalue weighted by Gasteiger charge is -2.29. The van der Waals surface area contributed by atoms with Crippen molar-refractivity contribution in [3.8, 4) is 11.1 Å². The van der Waals surface area contributed by atoms with Crippen molar-refractivity contribution in [3.05, 3.63) is 58.1 Å². The summed E-state index contributed by atoms with van der Waals surface area (Å²) in [4.78, 5) is 67.6. The summed E-state index contributed by atoms with van der Waals surface area (Å²) >= 11 is 0. The van der Waals surface area contributed by atoms with Crippen LogP contribution in [-0.2, 0) is 16.6 Å². The lowest BCUT2D eigenvalue weighted by atomic mass is 9.99. The minimum atomic E-state index is -1.37. The van der Waals surface area contributed by atoms with Crippen LogP contribution >= 0.6 is 0 Å². The van der Waals surface area contributed by atoms with Crippen LogP contribution in [0.15, 0.2) is 35.5 Å². The van der Waals surface area contributed by atoms with Crippen LogP contribution in [0.3, 0.4) is 0 Å². The molecular formula is C33H33F2N9O5. The van der Waals surface area contributed by atoms with E-state index in [1.807, 2.05) is 7.05 Å². The Morgan fingerprint density at radius 2 is 1.92 bits per heavy atom. The van der Waals surface area contributed by atoms with Crippen LogP contribution < -0.4 is 26.3 Å². The molecule has 16 heteroatoms. The Labute approximate surface area is 277 Å². The summed E-state index contributed by atoms with van der Waals surface area (Å²) in [6.45, 7) is 1.47. The first kappa shape index (κ1) is 32.1. The number of carbonyl (C=O) groups is 3. The predicted molar refractivity (Wildman–Crippen MR) is 179 cm³/mol. The van der Waals surface area contributed by atoms with E-state index in [9.17, 15) is 24.3 Å². The lowest BCUT2D eigenvalue weighted by molar-refractivity contribution is -0.124. The van der Waals surface area contributed by atoms with Gasteiger partial charge in [-0.25, -0.2) is 23.5 Å². The van der Waals surface area contributed by atoms with Gasteiger partial charge in [0.05, 0.1) is 46.1 Å². The van der Waals surface area contributed by atoms with E-state index >= 15 is 8.78 Å². The molecule has 0 saturated carbocycles. The summed E-state index contributed by atoms with van der Waals surface area (Å²) in [6, 6.07) is 2.50. The highest BCUT2D eigenvalue weighted by atomic mass is 19.2. The quantitative estimate of drug-likeness (QED) is 0.199. The van der Waals surface area contributed by atoms with Crippen LogP contribution in [-0.4, -0.2) is 100 Å². The van der Waals surface area contributed by atoms with Crippen LogP contribution in [0.1, 0.15) is 16.8 Å². The summed E-state index contributed by atoms with van der Waals surface area (Å²) in [5.74, 6) is -4.53. The molecule has 0 unspecified atom stereocenters. The van der Waals surface area contributed by atoms with E-state index in [1.165, 1.54) is 17.8 Å². The number of hydrogen-bond acceptors (Lipinski definition) is 9. The van der Waals surface area contributed by atoms with Gasteiger partial charge in [-0.3, -0.25) is 14.4 Å². The van der Waals surface area contributed by atoms with Crippen molar-refractivity contribution < 1.29 is 28.3 Å². The number of aromatic carboxylic acids is 1. The minimum absolute atomic E-state index is 0.0309. The highest BCUT2D eigenvalue weighted by Crippen LogP contribution is 2.47. The summed E-state index contributed by atoms with van der Waals surface area (Å²) < 4.78 is 33.1. The Morgan fingerprint density at radius 3 is 2.65 bits per heavy atom. The number of likely N-dealkylation sites (tertiary alicyclic amines) is 1. The Bertz CT molecular complexity index is 2290. The number of fused-ring (bicyclic) bond motifs is 5. The molecule has 2 saturated heterocycles. The SMILES string of the molecule is CN1C[C@@H]2CCN(c3c(-c4cnc5c(c4)c(=O)c(C(=O)O)cn5C)cnc4[nH]c5c(N(C)C(=O)CNC(=O)CN)cc(F)c(F)c5c34)[C@@H]2C1. The van der Waals surface area contributed by atoms with Gasteiger partial charge < -0.3 is 40.4 Å². The maximum absolute atomic E-state index is 16.1. The number of halogens is 2. The molecule has 2 amide bonds. The number of H-pyrrole nitrogens is 1. The van der Waals surface area contributed by atoms with E-state index in [1.54, 1.807) is 25.5 Å². The van der Waals surface area contributed by atoms with Crippen molar-refractivity contribution >= 4 is 62.1 Å². The summed E-state index contributed by atoms with van der Waals surface area (Å²) in [5, 5.41) is 12.3. The number of rotatable bonds is 7. The van der Waals surface area contributed by atoms with Crippen molar-refractivity contribution in [1.29, 1.82) is 0 Å². The third-order valence-electron chi connectivity index (χ3n) is 9.67. The number of nitrogens with one attached hydrogen (secondary N) is 2. The Balaban J connectivity index is 1.49. The number of aryl methyl sites for hydroxylation is 1. The average Bonchev–Trinajstić information content (AvgIpc) is 3.77. The number of carboxylic acids is 1. The number of benzene rings is 1. The fraction of sp³-hybridized carbons (Fsp3) is 0.333. The van der Waals surface area contributed by atoms with Gasteiger partial charge in [0, 0.05) is 75.6 Å². The van der Waals surface area contributed by atoms with Gasteiger partial charge in [0.25, 0.3) is 0 Å². The van der Waals surface area contributed by atoms with Gasteiger partial charge in [-0.1, -0.05) is 0 Å². The average molecular weight is 674 g/mol. The van der Waals surface area contributed by atoms with Crippen LogP contribution in [0.5, 0.6) is 0 Å². The molecule has 0 radical (unpaired) electrons. The topological polar surface area (TPSA) is 183 Å². The maximum Gasteiger partial charge on any atom is 0.341 e. The highest BCUT2D eigenvalue weighted by Gasteiger charge is 2.42. The molecule has 14 nitrogen and oxygen atoms in total. The zero-order chi connectivity index (χ0) is 34.9. The molecule has 2 aliphatic rings.